The third-order valence-electron chi connectivity index (χ3n) is 6.32. The van der Waals surface area contributed by atoms with Gasteiger partial charge in [-0.1, -0.05) is 38.4 Å². The van der Waals surface area contributed by atoms with Crippen LogP contribution in [0.5, 0.6) is 0 Å². The lowest BCUT2D eigenvalue weighted by atomic mass is 9.89. The maximum atomic E-state index is 12.4. The number of nitrogens with zero attached hydrogens (tertiary/aromatic N) is 3. The second-order valence-corrected chi connectivity index (χ2v) is 10.5. The molecule has 162 valence electrons. The van der Waals surface area contributed by atoms with Crippen molar-refractivity contribution in [1.82, 2.24) is 9.80 Å². The molecule has 2 heterocycles. The van der Waals surface area contributed by atoms with E-state index in [0.29, 0.717) is 12.3 Å². The van der Waals surface area contributed by atoms with Crippen LogP contribution >= 0.6 is 11.6 Å². The third-order valence-corrected chi connectivity index (χ3v) is 6.62. The Hall–Kier alpha value is -1.26. The summed E-state index contributed by atoms with van der Waals surface area (Å²) in [4.78, 5) is 19.5. The van der Waals surface area contributed by atoms with E-state index in [2.05, 4.69) is 60.6 Å². The number of hydrogen-bond acceptors (Lipinski definition) is 3. The smallest absolute Gasteiger partial charge is 0.223 e. The number of aryl methyl sites for hydroxylation is 1. The van der Waals surface area contributed by atoms with Gasteiger partial charge in [0, 0.05) is 45.7 Å². The first-order valence-electron chi connectivity index (χ1n) is 11.2. The predicted molar refractivity (Wildman–Crippen MR) is 123 cm³/mol. The van der Waals surface area contributed by atoms with E-state index in [9.17, 15) is 4.79 Å². The van der Waals surface area contributed by atoms with Crippen LogP contribution < -0.4 is 4.90 Å². The maximum Gasteiger partial charge on any atom is 0.223 e. The van der Waals surface area contributed by atoms with Gasteiger partial charge in [-0.05, 0) is 61.8 Å². The van der Waals surface area contributed by atoms with Crippen molar-refractivity contribution in [2.75, 3.05) is 50.7 Å². The van der Waals surface area contributed by atoms with E-state index < -0.39 is 0 Å². The Morgan fingerprint density at radius 2 is 1.72 bits per heavy atom. The number of carbonyl (C=O) groups excluding carboxylic acids is 1. The van der Waals surface area contributed by atoms with Crippen molar-refractivity contribution in [1.29, 1.82) is 0 Å². The minimum absolute atomic E-state index is 0.0822. The molecule has 0 atom stereocenters. The summed E-state index contributed by atoms with van der Waals surface area (Å²) >= 11 is 6.45. The SMILES string of the molecule is Cc1ccc(N2CCN(CCC3CCN(C(=O)CC(C)(C)C)CC3)CC2)c(Cl)c1. The number of rotatable bonds is 5. The van der Waals surface area contributed by atoms with Gasteiger partial charge in [0.2, 0.25) is 5.91 Å². The van der Waals surface area contributed by atoms with E-state index in [-0.39, 0.29) is 5.41 Å². The van der Waals surface area contributed by atoms with Crippen LogP contribution in [0.3, 0.4) is 0 Å². The third kappa shape index (κ3) is 6.62. The van der Waals surface area contributed by atoms with Crippen LogP contribution in [0.25, 0.3) is 0 Å². The molecule has 1 aromatic rings. The molecule has 0 aromatic heterocycles. The summed E-state index contributed by atoms with van der Waals surface area (Å²) < 4.78 is 0. The Morgan fingerprint density at radius 1 is 1.07 bits per heavy atom. The van der Waals surface area contributed by atoms with E-state index in [1.165, 1.54) is 24.2 Å². The Kier molecular flexibility index (Phi) is 7.50. The zero-order chi connectivity index (χ0) is 21.0. The predicted octanol–water partition coefficient (Wildman–Crippen LogP) is 4.84. The average molecular weight is 420 g/mol. The summed E-state index contributed by atoms with van der Waals surface area (Å²) in [6, 6.07) is 6.36. The molecule has 0 N–H and O–H groups in total. The second kappa shape index (κ2) is 9.70. The van der Waals surface area contributed by atoms with Crippen molar-refractivity contribution in [3.05, 3.63) is 28.8 Å². The highest BCUT2D eigenvalue weighted by atomic mass is 35.5. The first-order valence-corrected chi connectivity index (χ1v) is 11.6. The van der Waals surface area contributed by atoms with Gasteiger partial charge in [-0.2, -0.15) is 0 Å². The van der Waals surface area contributed by atoms with E-state index in [4.69, 9.17) is 11.6 Å². The zero-order valence-corrected chi connectivity index (χ0v) is 19.5. The fraction of sp³-hybridized carbons (Fsp3) is 0.708. The fourth-order valence-electron chi connectivity index (χ4n) is 4.48. The highest BCUT2D eigenvalue weighted by molar-refractivity contribution is 6.33. The number of piperazine rings is 1. The van der Waals surface area contributed by atoms with Crippen molar-refractivity contribution in [2.24, 2.45) is 11.3 Å². The minimum atomic E-state index is 0.0822. The number of anilines is 1. The lowest BCUT2D eigenvalue weighted by Crippen LogP contribution is -2.47. The number of carbonyl (C=O) groups is 1. The van der Waals surface area contributed by atoms with Crippen LogP contribution in [0.2, 0.25) is 5.02 Å². The normalized spacial score (nSPS) is 19.6. The average Bonchev–Trinajstić information content (AvgIpc) is 2.66. The summed E-state index contributed by atoms with van der Waals surface area (Å²) in [5.74, 6) is 1.10. The van der Waals surface area contributed by atoms with Crippen LogP contribution in [-0.2, 0) is 4.79 Å². The zero-order valence-electron chi connectivity index (χ0n) is 18.7. The van der Waals surface area contributed by atoms with Crippen molar-refractivity contribution >= 4 is 23.2 Å². The molecule has 0 spiro atoms. The van der Waals surface area contributed by atoms with E-state index in [1.807, 2.05) is 0 Å². The molecule has 2 aliphatic rings. The topological polar surface area (TPSA) is 26.8 Å². The lowest BCUT2D eigenvalue weighted by molar-refractivity contribution is -0.134. The molecule has 3 rings (SSSR count). The number of piperidine rings is 1. The fourth-order valence-corrected chi connectivity index (χ4v) is 4.84. The van der Waals surface area contributed by atoms with Crippen molar-refractivity contribution in [3.63, 3.8) is 0 Å². The van der Waals surface area contributed by atoms with E-state index >= 15 is 0 Å². The highest BCUT2D eigenvalue weighted by Gasteiger charge is 2.26. The van der Waals surface area contributed by atoms with Gasteiger partial charge in [-0.15, -0.1) is 0 Å². The van der Waals surface area contributed by atoms with Crippen LogP contribution in [0.4, 0.5) is 5.69 Å². The number of amides is 1. The minimum Gasteiger partial charge on any atom is -0.368 e. The summed E-state index contributed by atoms with van der Waals surface area (Å²) in [6.07, 6.45) is 4.24. The van der Waals surface area contributed by atoms with Crippen LogP contribution in [0, 0.1) is 18.3 Å². The number of benzene rings is 1. The molecule has 2 fully saturated rings. The summed E-state index contributed by atoms with van der Waals surface area (Å²) in [6.45, 7) is 15.9. The molecular formula is C24H38ClN3O. The standard InChI is InChI=1S/C24H38ClN3O/c1-19-5-6-22(21(25)17-19)27-15-13-26(14-16-27)10-7-20-8-11-28(12-9-20)23(29)18-24(2,3)4/h5-6,17,20H,7-16,18H2,1-4H3. The molecule has 1 aromatic carbocycles. The lowest BCUT2D eigenvalue weighted by Gasteiger charge is -2.38. The molecule has 4 nitrogen and oxygen atoms in total. The largest absolute Gasteiger partial charge is 0.368 e. The molecule has 2 saturated heterocycles. The van der Waals surface area contributed by atoms with Crippen molar-refractivity contribution in [3.8, 4) is 0 Å². The second-order valence-electron chi connectivity index (χ2n) is 10.1. The van der Waals surface area contributed by atoms with Gasteiger partial charge in [0.15, 0.2) is 0 Å². The quantitative estimate of drug-likeness (QED) is 0.683. The van der Waals surface area contributed by atoms with Gasteiger partial charge in [0.1, 0.15) is 0 Å². The van der Waals surface area contributed by atoms with Crippen LogP contribution in [-0.4, -0.2) is 61.5 Å². The van der Waals surface area contributed by atoms with Crippen LogP contribution in [0.1, 0.15) is 52.0 Å². The molecule has 0 radical (unpaired) electrons. The molecule has 0 saturated carbocycles. The molecule has 2 aliphatic heterocycles. The molecule has 0 aliphatic carbocycles. The Balaban J connectivity index is 1.36. The molecule has 29 heavy (non-hydrogen) atoms. The van der Waals surface area contributed by atoms with E-state index in [0.717, 1.165) is 63.1 Å². The van der Waals surface area contributed by atoms with Gasteiger partial charge in [-0.25, -0.2) is 0 Å². The van der Waals surface area contributed by atoms with Gasteiger partial charge < -0.3 is 9.80 Å². The summed E-state index contributed by atoms with van der Waals surface area (Å²) in [7, 11) is 0. The first kappa shape index (κ1) is 22.4. The molecule has 5 heteroatoms. The maximum absolute atomic E-state index is 12.4. The number of halogens is 1. The Bertz CT molecular complexity index is 684. The van der Waals surface area contributed by atoms with Crippen LogP contribution in [0.15, 0.2) is 18.2 Å². The molecule has 0 bridgehead atoms. The Labute approximate surface area is 182 Å². The van der Waals surface area contributed by atoms with Gasteiger partial charge in [-0.3, -0.25) is 9.69 Å². The van der Waals surface area contributed by atoms with Gasteiger partial charge in [0.25, 0.3) is 0 Å². The monoisotopic (exact) mass is 419 g/mol. The van der Waals surface area contributed by atoms with Gasteiger partial charge in [0.05, 0.1) is 10.7 Å². The van der Waals surface area contributed by atoms with Crippen molar-refractivity contribution < 1.29 is 4.79 Å². The molecular weight excluding hydrogens is 382 g/mol. The van der Waals surface area contributed by atoms with Crippen molar-refractivity contribution in [2.45, 2.75) is 53.4 Å². The summed E-state index contributed by atoms with van der Waals surface area (Å²) in [5.41, 5.74) is 2.46. The highest BCUT2D eigenvalue weighted by Crippen LogP contribution is 2.28. The number of hydrogen-bond donors (Lipinski definition) is 0. The number of likely N-dealkylation sites (tertiary alicyclic amines) is 1. The summed E-state index contributed by atoms with van der Waals surface area (Å²) in [5, 5.41) is 0.867. The Morgan fingerprint density at radius 3 is 2.31 bits per heavy atom. The first-order chi connectivity index (χ1) is 13.7. The molecule has 1 amide bonds. The van der Waals surface area contributed by atoms with Gasteiger partial charge >= 0.3 is 0 Å². The molecule has 0 unspecified atom stereocenters. The van der Waals surface area contributed by atoms with E-state index in [1.54, 1.807) is 0 Å².